The molecule has 0 aromatic rings. The van der Waals surface area contributed by atoms with Crippen molar-refractivity contribution in [3.05, 3.63) is 23.8 Å². The highest BCUT2D eigenvalue weighted by atomic mass is 16.5. The molecule has 0 amide bonds. The van der Waals surface area contributed by atoms with Crippen LogP contribution in [0.3, 0.4) is 0 Å². The van der Waals surface area contributed by atoms with Crippen molar-refractivity contribution in [1.29, 1.82) is 0 Å². The number of allylic oxidation sites excluding steroid dienone is 2. The molecule has 3 nitrogen and oxygen atoms in total. The summed E-state index contributed by atoms with van der Waals surface area (Å²) in [5.74, 6) is 0.646. The van der Waals surface area contributed by atoms with E-state index in [9.17, 15) is 0 Å². The Morgan fingerprint density at radius 1 is 1.53 bits per heavy atom. The minimum Gasteiger partial charge on any atom is -0.388 e. The van der Waals surface area contributed by atoms with Crippen LogP contribution < -0.4 is 5.73 Å². The molecular formula is C12H20N2O. The number of aliphatic imine (C=N–C) groups is 1. The van der Waals surface area contributed by atoms with Crippen molar-refractivity contribution < 1.29 is 4.74 Å². The first-order valence-electron chi connectivity index (χ1n) is 5.49. The van der Waals surface area contributed by atoms with E-state index in [1.807, 2.05) is 0 Å². The fraction of sp³-hybridized carbons (Fsp3) is 0.583. The van der Waals surface area contributed by atoms with Gasteiger partial charge in [-0.2, -0.15) is 0 Å². The topological polar surface area (TPSA) is 47.6 Å². The van der Waals surface area contributed by atoms with Gasteiger partial charge in [-0.25, -0.2) is 0 Å². The molecular weight excluding hydrogens is 188 g/mol. The second-order valence-electron chi connectivity index (χ2n) is 3.69. The Kier molecular flexibility index (Phi) is 5.78. The molecule has 2 N–H and O–H groups in total. The van der Waals surface area contributed by atoms with Crippen LogP contribution in [0.25, 0.3) is 0 Å². The number of amidine groups is 1. The number of rotatable bonds is 6. The molecule has 0 unspecified atom stereocenters. The molecule has 0 saturated carbocycles. The van der Waals surface area contributed by atoms with Crippen molar-refractivity contribution in [2.24, 2.45) is 10.7 Å². The van der Waals surface area contributed by atoms with E-state index in [1.54, 1.807) is 6.92 Å². The summed E-state index contributed by atoms with van der Waals surface area (Å²) in [7, 11) is 0. The summed E-state index contributed by atoms with van der Waals surface area (Å²) in [6.45, 7) is 4.04. The second-order valence-corrected chi connectivity index (χ2v) is 3.69. The molecule has 84 valence electrons. The summed E-state index contributed by atoms with van der Waals surface area (Å²) in [5.41, 5.74) is 6.71. The van der Waals surface area contributed by atoms with E-state index in [0.717, 1.165) is 39.0 Å². The summed E-state index contributed by atoms with van der Waals surface area (Å²) < 4.78 is 5.53. The summed E-state index contributed by atoms with van der Waals surface area (Å²) in [4.78, 5) is 4.09. The van der Waals surface area contributed by atoms with Crippen LogP contribution in [0.2, 0.25) is 0 Å². The van der Waals surface area contributed by atoms with Crippen molar-refractivity contribution in [2.75, 3.05) is 19.8 Å². The molecule has 0 aliphatic heterocycles. The summed E-state index contributed by atoms with van der Waals surface area (Å²) >= 11 is 0. The third kappa shape index (κ3) is 6.07. The monoisotopic (exact) mass is 208 g/mol. The van der Waals surface area contributed by atoms with Gasteiger partial charge in [-0.15, -0.1) is 0 Å². The van der Waals surface area contributed by atoms with Gasteiger partial charge in [0.1, 0.15) is 0 Å². The van der Waals surface area contributed by atoms with Gasteiger partial charge >= 0.3 is 0 Å². The van der Waals surface area contributed by atoms with Crippen molar-refractivity contribution >= 4 is 5.84 Å². The molecule has 15 heavy (non-hydrogen) atoms. The lowest BCUT2D eigenvalue weighted by Crippen LogP contribution is -2.07. The van der Waals surface area contributed by atoms with E-state index in [2.05, 4.69) is 23.2 Å². The van der Waals surface area contributed by atoms with Crippen LogP contribution in [0.5, 0.6) is 0 Å². The largest absolute Gasteiger partial charge is 0.388 e. The third-order valence-corrected chi connectivity index (χ3v) is 2.15. The number of nitrogens with two attached hydrogens (primary N) is 1. The lowest BCUT2D eigenvalue weighted by Gasteiger charge is -2.07. The van der Waals surface area contributed by atoms with E-state index in [-0.39, 0.29) is 0 Å². The third-order valence-electron chi connectivity index (χ3n) is 2.15. The average Bonchev–Trinajstić information content (AvgIpc) is 2.24. The standard InChI is InChI=1S/C12H20N2O/c1-11(13)14-8-5-9-15-10-12-6-3-2-4-7-12/h3,6-7H,2,4-5,8-10H2,1H3,(H2,13,14). The normalized spacial score (nSPS) is 16.6. The number of nitrogens with zero attached hydrogens (tertiary/aromatic N) is 1. The van der Waals surface area contributed by atoms with E-state index < -0.39 is 0 Å². The van der Waals surface area contributed by atoms with E-state index in [0.29, 0.717) is 5.84 Å². The van der Waals surface area contributed by atoms with Crippen LogP contribution in [-0.4, -0.2) is 25.6 Å². The molecule has 1 aliphatic rings. The molecule has 1 aliphatic carbocycles. The van der Waals surface area contributed by atoms with Crippen molar-refractivity contribution in [2.45, 2.75) is 26.2 Å². The Balaban J connectivity index is 1.99. The number of hydrogen-bond donors (Lipinski definition) is 1. The highest BCUT2D eigenvalue weighted by Crippen LogP contribution is 2.09. The van der Waals surface area contributed by atoms with Gasteiger partial charge in [-0.05, 0) is 31.8 Å². The second kappa shape index (κ2) is 7.23. The van der Waals surface area contributed by atoms with Crippen molar-refractivity contribution in [3.63, 3.8) is 0 Å². The fourth-order valence-electron chi connectivity index (χ4n) is 1.39. The molecule has 1 rings (SSSR count). The Morgan fingerprint density at radius 3 is 3.07 bits per heavy atom. The quantitative estimate of drug-likeness (QED) is 0.412. The van der Waals surface area contributed by atoms with E-state index in [1.165, 1.54) is 5.57 Å². The minimum atomic E-state index is 0.646. The van der Waals surface area contributed by atoms with Gasteiger partial charge in [0.2, 0.25) is 0 Å². The van der Waals surface area contributed by atoms with Gasteiger partial charge in [-0.3, -0.25) is 4.99 Å². The van der Waals surface area contributed by atoms with Crippen LogP contribution >= 0.6 is 0 Å². The first-order chi connectivity index (χ1) is 7.29. The Bertz CT molecular complexity index is 263. The molecule has 0 fully saturated rings. The van der Waals surface area contributed by atoms with Gasteiger partial charge in [0.05, 0.1) is 12.4 Å². The highest BCUT2D eigenvalue weighted by Gasteiger charge is 1.96. The smallest absolute Gasteiger partial charge is 0.0905 e. The first kappa shape index (κ1) is 12.0. The van der Waals surface area contributed by atoms with Gasteiger partial charge in [-0.1, -0.05) is 18.2 Å². The summed E-state index contributed by atoms with van der Waals surface area (Å²) in [6, 6.07) is 0. The first-order valence-corrected chi connectivity index (χ1v) is 5.49. The van der Waals surface area contributed by atoms with Crippen LogP contribution in [0.1, 0.15) is 26.2 Å². The SMILES string of the molecule is CC(N)=NCCCOCC1=CCCC=C1. The molecule has 0 heterocycles. The highest BCUT2D eigenvalue weighted by molar-refractivity contribution is 5.77. The maximum Gasteiger partial charge on any atom is 0.0905 e. The summed E-state index contributed by atoms with van der Waals surface area (Å²) in [6.07, 6.45) is 9.82. The van der Waals surface area contributed by atoms with Gasteiger partial charge in [0.25, 0.3) is 0 Å². The lowest BCUT2D eigenvalue weighted by molar-refractivity contribution is 0.156. The maximum absolute atomic E-state index is 5.53. The fourth-order valence-corrected chi connectivity index (χ4v) is 1.39. The zero-order chi connectivity index (χ0) is 10.9. The van der Waals surface area contributed by atoms with Gasteiger partial charge < -0.3 is 10.5 Å². The van der Waals surface area contributed by atoms with Gasteiger partial charge in [0.15, 0.2) is 0 Å². The Morgan fingerprint density at radius 2 is 2.40 bits per heavy atom. The Labute approximate surface area is 91.7 Å². The molecule has 0 radical (unpaired) electrons. The van der Waals surface area contributed by atoms with E-state index in [4.69, 9.17) is 10.5 Å². The molecule has 0 saturated heterocycles. The predicted octanol–water partition coefficient (Wildman–Crippen LogP) is 2.05. The zero-order valence-electron chi connectivity index (χ0n) is 9.41. The molecule has 3 heteroatoms. The van der Waals surface area contributed by atoms with Crippen molar-refractivity contribution in [3.8, 4) is 0 Å². The van der Waals surface area contributed by atoms with Gasteiger partial charge in [0, 0.05) is 13.2 Å². The van der Waals surface area contributed by atoms with Crippen LogP contribution in [0.15, 0.2) is 28.8 Å². The average molecular weight is 208 g/mol. The lowest BCUT2D eigenvalue weighted by atomic mass is 10.1. The maximum atomic E-state index is 5.53. The molecule has 0 atom stereocenters. The van der Waals surface area contributed by atoms with E-state index >= 15 is 0 Å². The molecule has 0 bridgehead atoms. The molecule has 0 aromatic heterocycles. The van der Waals surface area contributed by atoms with Crippen LogP contribution in [0.4, 0.5) is 0 Å². The predicted molar refractivity (Wildman–Crippen MR) is 64.1 cm³/mol. The van der Waals surface area contributed by atoms with Crippen LogP contribution in [0, 0.1) is 0 Å². The molecule has 0 spiro atoms. The number of ether oxygens (including phenoxy) is 1. The minimum absolute atomic E-state index is 0.646. The number of hydrogen-bond acceptors (Lipinski definition) is 2. The zero-order valence-corrected chi connectivity index (χ0v) is 9.41. The molecule has 0 aromatic carbocycles. The van der Waals surface area contributed by atoms with Crippen LogP contribution in [-0.2, 0) is 4.74 Å². The van der Waals surface area contributed by atoms with Crippen molar-refractivity contribution in [1.82, 2.24) is 0 Å². The summed E-state index contributed by atoms with van der Waals surface area (Å²) in [5, 5.41) is 0. The Hall–Kier alpha value is -1.09.